The molecular weight excluding hydrogens is 250 g/mol. The Labute approximate surface area is 110 Å². The van der Waals surface area contributed by atoms with E-state index in [0.29, 0.717) is 22.9 Å². The number of furan rings is 1. The van der Waals surface area contributed by atoms with Crippen molar-refractivity contribution in [2.45, 2.75) is 6.04 Å². The van der Waals surface area contributed by atoms with Crippen molar-refractivity contribution in [2.24, 2.45) is 0 Å². The van der Waals surface area contributed by atoms with Gasteiger partial charge in [0.25, 0.3) is 0 Å². The molecule has 3 nitrogen and oxygen atoms in total. The van der Waals surface area contributed by atoms with Gasteiger partial charge in [-0.05, 0) is 25.2 Å². The van der Waals surface area contributed by atoms with Gasteiger partial charge in [-0.25, -0.2) is 0 Å². The third-order valence-corrected chi connectivity index (χ3v) is 2.97. The first-order chi connectivity index (χ1) is 8.65. The maximum Gasteiger partial charge on any atom is 0.144 e. The molecule has 0 bridgehead atoms. The number of fused-ring (bicyclic) bond motifs is 1. The van der Waals surface area contributed by atoms with E-state index in [0.717, 1.165) is 11.7 Å². The lowest BCUT2D eigenvalue weighted by Gasteiger charge is -2.18. The van der Waals surface area contributed by atoms with Crippen LogP contribution in [0.4, 0.5) is 0 Å². The number of hydrogen-bond donors (Lipinski definition) is 0. The summed E-state index contributed by atoms with van der Waals surface area (Å²) in [6.07, 6.45) is 6.06. The Kier molecular flexibility index (Phi) is 3.71. The van der Waals surface area contributed by atoms with Crippen LogP contribution in [0.2, 0.25) is 5.02 Å². The van der Waals surface area contributed by atoms with E-state index in [-0.39, 0.29) is 0 Å². The predicted octanol–water partition coefficient (Wildman–Crippen LogP) is 2.89. The lowest BCUT2D eigenvalue weighted by atomic mass is 10.2. The van der Waals surface area contributed by atoms with Crippen molar-refractivity contribution in [2.75, 3.05) is 13.6 Å². The minimum atomic E-state index is -0.479. The lowest BCUT2D eigenvalue weighted by molar-refractivity contribution is -0.112. The van der Waals surface area contributed by atoms with Crippen molar-refractivity contribution < 1.29 is 9.21 Å². The predicted molar refractivity (Wildman–Crippen MR) is 71.5 cm³/mol. The molecule has 1 heterocycles. The molecule has 1 unspecified atom stereocenters. The van der Waals surface area contributed by atoms with Crippen LogP contribution in [0.1, 0.15) is 11.8 Å². The molecule has 18 heavy (non-hydrogen) atoms. The number of aldehydes is 1. The van der Waals surface area contributed by atoms with E-state index >= 15 is 0 Å². The highest BCUT2D eigenvalue weighted by Crippen LogP contribution is 2.27. The number of nitrogens with zero attached hydrogens (tertiary/aromatic N) is 1. The molecule has 0 amide bonds. The van der Waals surface area contributed by atoms with Crippen LogP contribution in [0.3, 0.4) is 0 Å². The van der Waals surface area contributed by atoms with Gasteiger partial charge in [0.2, 0.25) is 0 Å². The summed E-state index contributed by atoms with van der Waals surface area (Å²) in [6.45, 7) is 0.376. The first kappa shape index (κ1) is 12.7. The number of hydrogen-bond acceptors (Lipinski definition) is 3. The zero-order chi connectivity index (χ0) is 13.1. The standard InChI is InChI=1S/C14H12ClNO2/c1-3-6-16(2)12(9-17)14-7-10-4-5-11(15)8-13(10)18-14/h1,4-5,7-9,12H,6H2,2H3. The molecule has 0 saturated heterocycles. The van der Waals surface area contributed by atoms with Gasteiger partial charge < -0.3 is 9.21 Å². The molecule has 4 heteroatoms. The van der Waals surface area contributed by atoms with Crippen LogP contribution >= 0.6 is 11.6 Å². The number of halogens is 1. The molecule has 2 aromatic rings. The summed E-state index contributed by atoms with van der Waals surface area (Å²) in [4.78, 5) is 12.9. The summed E-state index contributed by atoms with van der Waals surface area (Å²) in [5.74, 6) is 3.07. The molecule has 0 aliphatic rings. The highest BCUT2D eigenvalue weighted by molar-refractivity contribution is 6.31. The fourth-order valence-electron chi connectivity index (χ4n) is 1.80. The number of rotatable bonds is 4. The summed E-state index contributed by atoms with van der Waals surface area (Å²) in [6, 6.07) is 6.71. The number of terminal acetylenes is 1. The fraction of sp³-hybridized carbons (Fsp3) is 0.214. The van der Waals surface area contributed by atoms with Crippen molar-refractivity contribution in [3.8, 4) is 12.3 Å². The van der Waals surface area contributed by atoms with Crippen LogP contribution in [0.15, 0.2) is 28.7 Å². The molecule has 1 atom stereocenters. The largest absolute Gasteiger partial charge is 0.459 e. The maximum absolute atomic E-state index is 11.2. The summed E-state index contributed by atoms with van der Waals surface area (Å²) < 4.78 is 5.64. The van der Waals surface area contributed by atoms with E-state index < -0.39 is 6.04 Å². The van der Waals surface area contributed by atoms with E-state index in [2.05, 4.69) is 5.92 Å². The first-order valence-electron chi connectivity index (χ1n) is 5.43. The maximum atomic E-state index is 11.2. The van der Waals surface area contributed by atoms with Crippen LogP contribution in [0.25, 0.3) is 11.0 Å². The first-order valence-corrected chi connectivity index (χ1v) is 5.81. The Morgan fingerprint density at radius 2 is 2.33 bits per heavy atom. The molecule has 92 valence electrons. The Hall–Kier alpha value is -1.76. The average molecular weight is 262 g/mol. The molecule has 2 rings (SSSR count). The summed E-state index contributed by atoms with van der Waals surface area (Å²) in [5, 5.41) is 1.51. The van der Waals surface area contributed by atoms with Crippen molar-refractivity contribution in [3.63, 3.8) is 0 Å². The smallest absolute Gasteiger partial charge is 0.144 e. The van der Waals surface area contributed by atoms with Crippen molar-refractivity contribution in [3.05, 3.63) is 35.0 Å². The van der Waals surface area contributed by atoms with E-state index in [9.17, 15) is 4.79 Å². The Morgan fingerprint density at radius 1 is 1.56 bits per heavy atom. The summed E-state index contributed by atoms with van der Waals surface area (Å²) >= 11 is 5.89. The lowest BCUT2D eigenvalue weighted by Crippen LogP contribution is -2.25. The Bertz CT molecular complexity index is 612. The topological polar surface area (TPSA) is 33.5 Å². The quantitative estimate of drug-likeness (QED) is 0.627. The molecule has 0 fully saturated rings. The van der Waals surface area contributed by atoms with Gasteiger partial charge in [-0.2, -0.15) is 0 Å². The second kappa shape index (κ2) is 5.26. The highest BCUT2D eigenvalue weighted by Gasteiger charge is 2.19. The zero-order valence-electron chi connectivity index (χ0n) is 9.89. The molecule has 1 aromatic carbocycles. The van der Waals surface area contributed by atoms with Crippen LogP contribution < -0.4 is 0 Å². The average Bonchev–Trinajstić information content (AvgIpc) is 2.72. The van der Waals surface area contributed by atoms with Gasteiger partial charge in [0.1, 0.15) is 23.7 Å². The van der Waals surface area contributed by atoms with Crippen LogP contribution in [0.5, 0.6) is 0 Å². The molecule has 1 aromatic heterocycles. The Morgan fingerprint density at radius 3 is 3.00 bits per heavy atom. The second-order valence-electron chi connectivity index (χ2n) is 4.03. The van der Waals surface area contributed by atoms with Crippen LogP contribution in [-0.4, -0.2) is 24.8 Å². The zero-order valence-corrected chi connectivity index (χ0v) is 10.6. The van der Waals surface area contributed by atoms with Crippen LogP contribution in [-0.2, 0) is 4.79 Å². The molecule has 0 radical (unpaired) electrons. The summed E-state index contributed by atoms with van der Waals surface area (Å²) in [5.41, 5.74) is 0.665. The van der Waals surface area contributed by atoms with Crippen LogP contribution in [0, 0.1) is 12.3 Å². The number of carbonyl (C=O) groups is 1. The van der Waals surface area contributed by atoms with Gasteiger partial charge in [0.15, 0.2) is 0 Å². The SMILES string of the molecule is C#CCN(C)C(C=O)c1cc2ccc(Cl)cc2o1. The number of benzene rings is 1. The molecular formula is C14H12ClNO2. The monoisotopic (exact) mass is 261 g/mol. The normalized spacial score (nSPS) is 12.6. The molecule has 0 spiro atoms. The minimum Gasteiger partial charge on any atom is -0.459 e. The van der Waals surface area contributed by atoms with E-state index in [4.69, 9.17) is 22.4 Å². The third kappa shape index (κ3) is 2.40. The fourth-order valence-corrected chi connectivity index (χ4v) is 1.96. The second-order valence-corrected chi connectivity index (χ2v) is 4.47. The molecule has 0 aliphatic heterocycles. The van der Waals surface area contributed by atoms with Gasteiger partial charge in [0.05, 0.1) is 6.54 Å². The molecule has 0 aliphatic carbocycles. The Balaban J connectivity index is 2.40. The number of likely N-dealkylation sites (N-methyl/N-ethyl adjacent to an activating group) is 1. The van der Waals surface area contributed by atoms with Crippen molar-refractivity contribution in [1.82, 2.24) is 4.90 Å². The summed E-state index contributed by atoms with van der Waals surface area (Å²) in [7, 11) is 1.78. The molecule has 0 N–H and O–H groups in total. The van der Waals surface area contributed by atoms with E-state index in [1.807, 2.05) is 12.1 Å². The minimum absolute atomic E-state index is 0.376. The van der Waals surface area contributed by atoms with Gasteiger partial charge in [-0.3, -0.25) is 4.90 Å². The van der Waals surface area contributed by atoms with Crippen molar-refractivity contribution >= 4 is 28.9 Å². The van der Waals surface area contributed by atoms with Gasteiger partial charge in [0, 0.05) is 16.5 Å². The van der Waals surface area contributed by atoms with E-state index in [1.54, 1.807) is 24.1 Å². The van der Waals surface area contributed by atoms with Gasteiger partial charge in [-0.15, -0.1) is 6.42 Å². The van der Waals surface area contributed by atoms with E-state index in [1.165, 1.54) is 0 Å². The van der Waals surface area contributed by atoms with Crippen molar-refractivity contribution in [1.29, 1.82) is 0 Å². The highest BCUT2D eigenvalue weighted by atomic mass is 35.5. The van der Waals surface area contributed by atoms with Gasteiger partial charge in [-0.1, -0.05) is 17.5 Å². The molecule has 0 saturated carbocycles. The number of carbonyl (C=O) groups excluding carboxylic acids is 1. The van der Waals surface area contributed by atoms with Gasteiger partial charge >= 0.3 is 0 Å². The third-order valence-electron chi connectivity index (χ3n) is 2.74.